The van der Waals surface area contributed by atoms with Gasteiger partial charge in [0.25, 0.3) is 0 Å². The van der Waals surface area contributed by atoms with Crippen LogP contribution in [-0.4, -0.2) is 71.4 Å². The molecule has 284 valence electrons. The summed E-state index contributed by atoms with van der Waals surface area (Å²) in [6.45, 7) is 23.8. The molecule has 0 radical (unpaired) electrons. The molecule has 2 aromatic rings. The van der Waals surface area contributed by atoms with Gasteiger partial charge in [0, 0.05) is 17.7 Å². The lowest BCUT2D eigenvalue weighted by molar-refractivity contribution is -0.294. The van der Waals surface area contributed by atoms with Gasteiger partial charge in [-0.05, 0) is 94.6 Å². The van der Waals surface area contributed by atoms with Gasteiger partial charge in [0.05, 0.1) is 21.7 Å². The van der Waals surface area contributed by atoms with E-state index in [1.54, 1.807) is 83.1 Å². The van der Waals surface area contributed by atoms with E-state index in [1.165, 1.54) is 0 Å². The van der Waals surface area contributed by atoms with Gasteiger partial charge in [0.1, 0.15) is 12.7 Å². The van der Waals surface area contributed by atoms with Crippen molar-refractivity contribution in [2.24, 2.45) is 21.7 Å². The number of hydrogen-bond acceptors (Lipinski definition) is 11. The molecule has 5 atom stereocenters. The van der Waals surface area contributed by atoms with Crippen molar-refractivity contribution in [3.63, 3.8) is 0 Å². The van der Waals surface area contributed by atoms with Crippen molar-refractivity contribution in [1.82, 2.24) is 10.2 Å². The quantitative estimate of drug-likeness (QED) is 0.207. The van der Waals surface area contributed by atoms with E-state index in [1.807, 2.05) is 44.2 Å². The van der Waals surface area contributed by atoms with Crippen LogP contribution < -0.4 is 4.74 Å². The van der Waals surface area contributed by atoms with Crippen LogP contribution in [0.4, 0.5) is 0 Å². The first-order valence-electron chi connectivity index (χ1n) is 17.5. The molecule has 0 unspecified atom stereocenters. The van der Waals surface area contributed by atoms with Crippen LogP contribution in [0.15, 0.2) is 30.3 Å². The van der Waals surface area contributed by atoms with Crippen molar-refractivity contribution in [1.29, 1.82) is 0 Å². The third-order valence-corrected chi connectivity index (χ3v) is 8.04. The van der Waals surface area contributed by atoms with E-state index in [9.17, 15) is 19.2 Å². The van der Waals surface area contributed by atoms with Crippen LogP contribution in [0, 0.1) is 21.7 Å². The molecule has 0 aliphatic carbocycles. The number of ether oxygens (including phenoxy) is 6. The van der Waals surface area contributed by atoms with Crippen LogP contribution in [0.2, 0.25) is 0 Å². The predicted molar refractivity (Wildman–Crippen MR) is 190 cm³/mol. The minimum Gasteiger partial charge on any atom is -0.462 e. The van der Waals surface area contributed by atoms with Gasteiger partial charge >= 0.3 is 23.9 Å². The fraction of sp³-hybridized carbons (Fsp3) is 0.667. The van der Waals surface area contributed by atoms with Crippen molar-refractivity contribution in [2.45, 2.75) is 140 Å². The molecule has 3 rings (SSSR count). The molecule has 1 fully saturated rings. The summed E-state index contributed by atoms with van der Waals surface area (Å²) >= 11 is 0. The molecule has 0 bridgehead atoms. The maximum atomic E-state index is 13.6. The normalized spacial score (nSPS) is 21.5. The molecule has 2 heterocycles. The summed E-state index contributed by atoms with van der Waals surface area (Å²) in [5.74, 6) is -2.25. The number of rotatable bonds is 10. The summed E-state index contributed by atoms with van der Waals surface area (Å²) in [6, 6.07) is 9.78. The van der Waals surface area contributed by atoms with Crippen LogP contribution in [0.5, 0.6) is 5.88 Å². The second kappa shape index (κ2) is 15.8. The maximum absolute atomic E-state index is 13.6. The van der Waals surface area contributed by atoms with Crippen molar-refractivity contribution in [3.8, 4) is 5.88 Å². The molecule has 12 nitrogen and oxygen atoms in total. The Morgan fingerprint density at radius 1 is 0.706 bits per heavy atom. The lowest BCUT2D eigenvalue weighted by atomic mass is 9.93. The number of aromatic nitrogens is 2. The number of nitrogens with one attached hydrogen (secondary N) is 1. The Hall–Kier alpha value is -3.93. The first-order chi connectivity index (χ1) is 23.3. The minimum atomic E-state index is -1.45. The van der Waals surface area contributed by atoms with Gasteiger partial charge in [0.15, 0.2) is 12.2 Å². The largest absolute Gasteiger partial charge is 0.462 e. The van der Waals surface area contributed by atoms with Crippen molar-refractivity contribution < 1.29 is 47.6 Å². The Morgan fingerprint density at radius 3 is 1.65 bits per heavy atom. The first-order valence-corrected chi connectivity index (χ1v) is 17.5. The highest BCUT2D eigenvalue weighted by molar-refractivity contribution is 5.78. The fourth-order valence-corrected chi connectivity index (χ4v) is 4.80. The zero-order valence-corrected chi connectivity index (χ0v) is 32.8. The summed E-state index contributed by atoms with van der Waals surface area (Å²) in [7, 11) is 0. The number of H-pyrrole nitrogens is 1. The van der Waals surface area contributed by atoms with E-state index >= 15 is 0 Å². The highest BCUT2D eigenvalue weighted by Crippen LogP contribution is 2.37. The average Bonchev–Trinajstić information content (AvgIpc) is 3.38. The van der Waals surface area contributed by atoms with Gasteiger partial charge in [-0.3, -0.25) is 24.3 Å². The van der Waals surface area contributed by atoms with Crippen LogP contribution in [0.25, 0.3) is 0 Å². The van der Waals surface area contributed by atoms with Crippen LogP contribution in [0.1, 0.15) is 120 Å². The molecule has 12 heteroatoms. The topological polar surface area (TPSA) is 152 Å². The number of esters is 4. The van der Waals surface area contributed by atoms with Crippen molar-refractivity contribution in [2.75, 3.05) is 6.61 Å². The summed E-state index contributed by atoms with van der Waals surface area (Å²) in [5.41, 5.74) is -1.25. The van der Waals surface area contributed by atoms with E-state index in [-0.39, 0.29) is 11.8 Å². The predicted octanol–water partition coefficient (Wildman–Crippen LogP) is 6.69. The van der Waals surface area contributed by atoms with Crippen LogP contribution in [-0.2, 0) is 49.3 Å². The highest BCUT2D eigenvalue weighted by Gasteiger charge is 2.56. The molecule has 0 spiro atoms. The van der Waals surface area contributed by atoms with E-state index in [0.717, 1.165) is 16.8 Å². The third kappa shape index (κ3) is 11.0. The van der Waals surface area contributed by atoms with Crippen LogP contribution in [0.3, 0.4) is 0 Å². The molecule has 0 amide bonds. The number of benzene rings is 1. The average molecular weight is 715 g/mol. The number of carbonyl (C=O) groups is 4. The second-order valence-corrected chi connectivity index (χ2v) is 17.6. The Balaban J connectivity index is 2.23. The summed E-state index contributed by atoms with van der Waals surface area (Å²) < 4.78 is 37.0. The molecule has 1 aliphatic heterocycles. The Labute approximate surface area is 302 Å². The number of hydrogen-bond donors (Lipinski definition) is 1. The van der Waals surface area contributed by atoms with Crippen molar-refractivity contribution in [3.05, 3.63) is 47.2 Å². The van der Waals surface area contributed by atoms with Gasteiger partial charge in [-0.15, -0.1) is 5.10 Å². The highest BCUT2D eigenvalue weighted by atomic mass is 16.7. The third-order valence-electron chi connectivity index (χ3n) is 8.04. The summed E-state index contributed by atoms with van der Waals surface area (Å²) in [5, 5.41) is 7.58. The lowest BCUT2D eigenvalue weighted by Gasteiger charge is -2.45. The Kier molecular flexibility index (Phi) is 12.8. The zero-order valence-electron chi connectivity index (χ0n) is 32.8. The summed E-state index contributed by atoms with van der Waals surface area (Å²) in [6.07, 6.45) is -6.46. The molecular weight excluding hydrogens is 656 g/mol. The molecule has 1 N–H and O–H groups in total. The molecule has 1 aromatic heterocycles. The SMILES string of the molecule is CC(C)c1[nH]nc(O[C@H]2O[C@H](COC(=O)C(C)(C)C)[C@@H](OC(=O)C(C)(C)C)[C@H](OC(=O)C(C)(C)C)[C@H]2OC(=O)C(C)(C)C)c1Cc1ccccc1. The number of carbonyl (C=O) groups excluding carboxylic acids is 4. The second-order valence-electron chi connectivity index (χ2n) is 17.6. The van der Waals surface area contributed by atoms with E-state index in [2.05, 4.69) is 10.2 Å². The number of aromatic amines is 1. The van der Waals surface area contributed by atoms with Gasteiger partial charge in [-0.2, -0.15) is 0 Å². The smallest absolute Gasteiger partial charge is 0.311 e. The van der Waals surface area contributed by atoms with E-state index in [4.69, 9.17) is 28.4 Å². The molecule has 1 aliphatic rings. The van der Waals surface area contributed by atoms with Gasteiger partial charge in [-0.1, -0.05) is 44.2 Å². The molecule has 0 saturated carbocycles. The molecule has 1 aromatic carbocycles. The molecule has 51 heavy (non-hydrogen) atoms. The Bertz CT molecular complexity index is 1520. The van der Waals surface area contributed by atoms with Crippen molar-refractivity contribution >= 4 is 23.9 Å². The fourth-order valence-electron chi connectivity index (χ4n) is 4.80. The maximum Gasteiger partial charge on any atom is 0.311 e. The van der Waals surface area contributed by atoms with E-state index < -0.39 is 82.8 Å². The Morgan fingerprint density at radius 2 is 1.18 bits per heavy atom. The zero-order chi connectivity index (χ0) is 38.7. The van der Waals surface area contributed by atoms with Gasteiger partial charge in [0.2, 0.25) is 18.3 Å². The number of nitrogens with zero attached hydrogens (tertiary/aromatic N) is 1. The standard InChI is InChI=1S/C39H58N2O10/c1-22(2)26-24(20-23-18-16-15-17-19-23)30(41-40-26)51-31-29(50-35(45)39(12,13)14)28(49-34(44)38(9,10)11)27(48-33(43)37(6,7)8)25(47-31)21-46-32(42)36(3,4)5/h15-19,22,25,27-29,31H,20-21H2,1-14H3,(H,40,41)/t25-,27-,28+,29-,31-/m1/s1. The lowest BCUT2D eigenvalue weighted by Crippen LogP contribution is -2.65. The van der Waals surface area contributed by atoms with Crippen LogP contribution >= 0.6 is 0 Å². The molecular formula is C39H58N2O10. The summed E-state index contributed by atoms with van der Waals surface area (Å²) in [4.78, 5) is 53.6. The minimum absolute atomic E-state index is 0.0431. The monoisotopic (exact) mass is 714 g/mol. The van der Waals surface area contributed by atoms with E-state index in [0.29, 0.717) is 6.42 Å². The van der Waals surface area contributed by atoms with Gasteiger partial charge in [-0.25, -0.2) is 0 Å². The molecule has 1 saturated heterocycles. The first kappa shape index (κ1) is 41.5. The van der Waals surface area contributed by atoms with Gasteiger partial charge < -0.3 is 28.4 Å².